The van der Waals surface area contributed by atoms with Crippen LogP contribution in [0.4, 0.5) is 0 Å². The summed E-state index contributed by atoms with van der Waals surface area (Å²) in [6.07, 6.45) is 6.13. The maximum Gasteiger partial charge on any atom is 0.340 e. The number of fused-ring (bicyclic) bond motifs is 1. The number of hydrogen-bond acceptors (Lipinski definition) is 2. The Bertz CT molecular complexity index is 657. The van der Waals surface area contributed by atoms with E-state index in [4.69, 9.17) is 6.42 Å². The number of hydrogen-bond donors (Lipinski definition) is 1. The van der Waals surface area contributed by atoms with Crippen molar-refractivity contribution in [2.45, 2.75) is 0 Å². The number of nitrogens with one attached hydrogen (secondary N) is 1. The van der Waals surface area contributed by atoms with Gasteiger partial charge in [0.1, 0.15) is 0 Å². The summed E-state index contributed by atoms with van der Waals surface area (Å²) in [6.45, 7) is 0. The zero-order chi connectivity index (χ0) is 11.5. The maximum atomic E-state index is 10.6. The molecule has 2 aliphatic carbocycles. The van der Waals surface area contributed by atoms with Gasteiger partial charge in [-0.3, -0.25) is 9.78 Å². The van der Waals surface area contributed by atoms with Crippen molar-refractivity contribution >= 4 is 0 Å². The Kier molecular flexibility index (Phi) is 2.44. The molecule has 0 spiro atoms. The highest BCUT2D eigenvalue weighted by molar-refractivity contribution is 5.80. The van der Waals surface area contributed by atoms with Gasteiger partial charge in [0.25, 0.3) is 5.56 Å². The van der Waals surface area contributed by atoms with E-state index in [2.05, 4.69) is 30.3 Å². The van der Waals surface area contributed by atoms with Crippen molar-refractivity contribution in [1.29, 1.82) is 0 Å². The molecular weight excluding hydrogens is 204 g/mol. The number of nitrogens with zero attached hydrogens (tertiary/aromatic N) is 1. The van der Waals surface area contributed by atoms with Gasteiger partial charge >= 0.3 is 5.69 Å². The molecular formula is C12H8N2O2. The highest BCUT2D eigenvalue weighted by atomic mass is 16.2. The lowest BCUT2D eigenvalue weighted by molar-refractivity contribution is 0.925. The van der Waals surface area contributed by atoms with Crippen LogP contribution >= 0.6 is 0 Å². The average molecular weight is 212 g/mol. The molecule has 1 aromatic heterocycles. The summed E-state index contributed by atoms with van der Waals surface area (Å²) in [7, 11) is 0. The molecule has 0 bridgehead atoms. The molecule has 1 heterocycles. The van der Waals surface area contributed by atoms with E-state index in [0.29, 0.717) is 0 Å². The normalized spacial score (nSPS) is 9.69. The van der Waals surface area contributed by atoms with Crippen molar-refractivity contribution in [3.8, 4) is 23.6 Å². The van der Waals surface area contributed by atoms with Crippen LogP contribution in [0.5, 0.6) is 0 Å². The first kappa shape index (κ1) is 9.99. The van der Waals surface area contributed by atoms with E-state index in [1.54, 1.807) is 0 Å². The van der Waals surface area contributed by atoms with E-state index in [1.165, 1.54) is 23.4 Å². The lowest BCUT2D eigenvalue weighted by atomic mass is 10.6. The molecule has 0 unspecified atom stereocenters. The molecule has 3 rings (SSSR count). The SMILES string of the molecule is C#Cn1ccc(=O)[nH]c1=O.c1cc2cc-2c1. The second-order valence-electron chi connectivity index (χ2n) is 3.19. The van der Waals surface area contributed by atoms with Crippen LogP contribution in [0, 0.1) is 12.5 Å². The molecule has 0 saturated carbocycles. The van der Waals surface area contributed by atoms with Crippen LogP contribution in [0.15, 0.2) is 46.1 Å². The Labute approximate surface area is 91.2 Å². The Morgan fingerprint density at radius 2 is 1.88 bits per heavy atom. The average Bonchev–Trinajstić information content (AvgIpc) is 2.87. The molecule has 0 fully saturated rings. The minimum atomic E-state index is -0.588. The van der Waals surface area contributed by atoms with Crippen molar-refractivity contribution in [1.82, 2.24) is 9.55 Å². The Balaban J connectivity index is 0.000000134. The highest BCUT2D eigenvalue weighted by Gasteiger charge is 2.06. The molecule has 4 nitrogen and oxygen atoms in total. The molecule has 1 N–H and O–H groups in total. The van der Waals surface area contributed by atoms with Gasteiger partial charge in [0.15, 0.2) is 0 Å². The summed E-state index contributed by atoms with van der Waals surface area (Å²) in [6, 6.07) is 11.7. The first-order valence-corrected chi connectivity index (χ1v) is 4.60. The van der Waals surface area contributed by atoms with E-state index >= 15 is 0 Å². The summed E-state index contributed by atoms with van der Waals surface area (Å²) in [4.78, 5) is 23.1. The van der Waals surface area contributed by atoms with E-state index in [-0.39, 0.29) is 0 Å². The van der Waals surface area contributed by atoms with Gasteiger partial charge in [0.2, 0.25) is 0 Å². The number of H-pyrrole nitrogens is 1. The molecule has 0 saturated heterocycles. The van der Waals surface area contributed by atoms with Crippen LogP contribution in [0.2, 0.25) is 0 Å². The molecule has 0 aromatic carbocycles. The Morgan fingerprint density at radius 3 is 2.25 bits per heavy atom. The van der Waals surface area contributed by atoms with Crippen LogP contribution in [0.1, 0.15) is 0 Å². The van der Waals surface area contributed by atoms with Gasteiger partial charge in [0, 0.05) is 18.3 Å². The second-order valence-corrected chi connectivity index (χ2v) is 3.19. The van der Waals surface area contributed by atoms with Crippen molar-refractivity contribution < 1.29 is 0 Å². The number of aromatic amines is 1. The predicted molar refractivity (Wildman–Crippen MR) is 61.0 cm³/mol. The Morgan fingerprint density at radius 1 is 1.19 bits per heavy atom. The summed E-state index contributed by atoms with van der Waals surface area (Å²) < 4.78 is 0.946. The van der Waals surface area contributed by atoms with E-state index < -0.39 is 11.2 Å². The molecule has 4 heteroatoms. The quantitative estimate of drug-likeness (QED) is 0.556. The van der Waals surface area contributed by atoms with Crippen molar-refractivity contribution in [3.05, 3.63) is 57.4 Å². The molecule has 0 aliphatic heterocycles. The van der Waals surface area contributed by atoms with E-state index in [9.17, 15) is 9.59 Å². The standard InChI is InChI=1S/C6H4N2O2.C6H4/c1-2-8-4-3-5(9)7-6(8)10;1-2-5-4-6(5)3-1/h1,3-4H,(H,7,9,10);1-4H. The third-order valence-corrected chi connectivity index (χ3v) is 2.08. The number of aromatic nitrogens is 2. The largest absolute Gasteiger partial charge is 0.340 e. The predicted octanol–water partition coefficient (Wildman–Crippen LogP) is 0.642. The van der Waals surface area contributed by atoms with Gasteiger partial charge in [0.05, 0.1) is 0 Å². The van der Waals surface area contributed by atoms with Gasteiger partial charge in [-0.05, 0) is 17.2 Å². The molecule has 0 radical (unpaired) electrons. The van der Waals surface area contributed by atoms with Crippen LogP contribution in [-0.2, 0) is 0 Å². The molecule has 2 aliphatic rings. The zero-order valence-corrected chi connectivity index (χ0v) is 8.31. The van der Waals surface area contributed by atoms with Gasteiger partial charge in [-0.25, -0.2) is 9.36 Å². The lowest BCUT2D eigenvalue weighted by Gasteiger charge is -1.88. The molecule has 0 amide bonds. The fourth-order valence-electron chi connectivity index (χ4n) is 1.19. The number of rotatable bonds is 0. The molecule has 1 aromatic rings. The Hall–Kier alpha value is -2.54. The molecule has 0 atom stereocenters. The minimum Gasteiger partial charge on any atom is -0.273 e. The van der Waals surface area contributed by atoms with Gasteiger partial charge in [-0.2, -0.15) is 0 Å². The molecule has 16 heavy (non-hydrogen) atoms. The highest BCUT2D eigenvalue weighted by Crippen LogP contribution is 2.32. The zero-order valence-electron chi connectivity index (χ0n) is 8.31. The van der Waals surface area contributed by atoms with Crippen LogP contribution in [0.3, 0.4) is 0 Å². The minimum absolute atomic E-state index is 0.448. The second kappa shape index (κ2) is 3.91. The fourth-order valence-corrected chi connectivity index (χ4v) is 1.19. The van der Waals surface area contributed by atoms with E-state index in [0.717, 1.165) is 4.57 Å². The van der Waals surface area contributed by atoms with Gasteiger partial charge in [-0.1, -0.05) is 24.6 Å². The van der Waals surface area contributed by atoms with Crippen LogP contribution in [-0.4, -0.2) is 9.55 Å². The van der Waals surface area contributed by atoms with Gasteiger partial charge in [-0.15, -0.1) is 0 Å². The smallest absolute Gasteiger partial charge is 0.273 e. The lowest BCUT2D eigenvalue weighted by Crippen LogP contribution is -2.26. The van der Waals surface area contributed by atoms with Crippen molar-refractivity contribution in [2.75, 3.05) is 0 Å². The van der Waals surface area contributed by atoms with E-state index in [1.807, 2.05) is 4.98 Å². The number of terminal acetylenes is 1. The number of benzene rings is 1. The maximum absolute atomic E-state index is 10.6. The van der Waals surface area contributed by atoms with Crippen LogP contribution < -0.4 is 11.2 Å². The van der Waals surface area contributed by atoms with Gasteiger partial charge < -0.3 is 0 Å². The topological polar surface area (TPSA) is 54.9 Å². The van der Waals surface area contributed by atoms with Crippen LogP contribution in [0.25, 0.3) is 11.1 Å². The fraction of sp³-hybridized carbons (Fsp3) is 0. The first-order chi connectivity index (χ1) is 7.70. The molecule has 78 valence electrons. The monoisotopic (exact) mass is 212 g/mol. The summed E-state index contributed by atoms with van der Waals surface area (Å²) >= 11 is 0. The first-order valence-electron chi connectivity index (χ1n) is 4.60. The van der Waals surface area contributed by atoms with Crippen molar-refractivity contribution in [2.24, 2.45) is 0 Å². The third kappa shape index (κ3) is 2.10. The summed E-state index contributed by atoms with van der Waals surface area (Å²) in [5.74, 6) is 0. The summed E-state index contributed by atoms with van der Waals surface area (Å²) in [5, 5.41) is 0. The van der Waals surface area contributed by atoms with Crippen molar-refractivity contribution in [3.63, 3.8) is 0 Å². The third-order valence-electron chi connectivity index (χ3n) is 2.08. The summed E-state index contributed by atoms with van der Waals surface area (Å²) in [5.41, 5.74) is 1.82.